The van der Waals surface area contributed by atoms with E-state index in [2.05, 4.69) is 15.1 Å². The van der Waals surface area contributed by atoms with E-state index in [1.54, 1.807) is 8.61 Å². The average molecular weight is 496 g/mol. The van der Waals surface area contributed by atoms with Crippen LogP contribution in [0.3, 0.4) is 0 Å². The van der Waals surface area contributed by atoms with Gasteiger partial charge in [-0.3, -0.25) is 4.79 Å². The molecule has 10 nitrogen and oxygen atoms in total. The SMILES string of the molecule is CC1CN(S(=O)(=O)N2CCN(CCC(=O)Nc3ccc(N4CCOCC4)cc3)CC2)CC(C)O1. The van der Waals surface area contributed by atoms with Crippen LogP contribution in [0.1, 0.15) is 20.3 Å². The number of nitrogens with one attached hydrogen (secondary N) is 1. The number of piperazine rings is 1. The molecule has 190 valence electrons. The van der Waals surface area contributed by atoms with Crippen molar-refractivity contribution >= 4 is 27.5 Å². The average Bonchev–Trinajstić information content (AvgIpc) is 2.83. The molecule has 0 aromatic heterocycles. The van der Waals surface area contributed by atoms with Crippen LogP contribution in [0.5, 0.6) is 0 Å². The van der Waals surface area contributed by atoms with Crippen molar-refractivity contribution in [3.05, 3.63) is 24.3 Å². The standard InChI is InChI=1S/C23H37N5O5S/c1-19-17-28(18-20(2)33-19)34(30,31)27-11-9-25(10-12-27)8-7-23(29)24-21-3-5-22(6-4-21)26-13-15-32-16-14-26/h3-6,19-20H,7-18H2,1-2H3,(H,24,29). The van der Waals surface area contributed by atoms with Gasteiger partial charge < -0.3 is 24.6 Å². The molecule has 0 saturated carbocycles. The molecule has 0 bridgehead atoms. The second-order valence-corrected chi connectivity index (χ2v) is 11.2. The summed E-state index contributed by atoms with van der Waals surface area (Å²) in [7, 11) is -3.49. The maximum atomic E-state index is 13.0. The van der Waals surface area contributed by atoms with Crippen LogP contribution in [0, 0.1) is 0 Å². The zero-order chi connectivity index (χ0) is 24.1. The number of carbonyl (C=O) groups is 1. The molecule has 3 aliphatic heterocycles. The summed E-state index contributed by atoms with van der Waals surface area (Å²) in [4.78, 5) is 16.9. The third-order valence-electron chi connectivity index (χ3n) is 6.55. The Bertz CT molecular complexity index is 904. The maximum absolute atomic E-state index is 13.0. The molecule has 2 atom stereocenters. The number of benzene rings is 1. The summed E-state index contributed by atoms with van der Waals surface area (Å²) in [6, 6.07) is 7.91. The van der Waals surface area contributed by atoms with Gasteiger partial charge in [0.25, 0.3) is 10.2 Å². The van der Waals surface area contributed by atoms with Crippen LogP contribution in [0.15, 0.2) is 24.3 Å². The molecule has 1 N–H and O–H groups in total. The van der Waals surface area contributed by atoms with Crippen LogP contribution in [0.4, 0.5) is 11.4 Å². The number of nitrogens with zero attached hydrogens (tertiary/aromatic N) is 4. The zero-order valence-corrected chi connectivity index (χ0v) is 21.0. The predicted octanol–water partition coefficient (Wildman–Crippen LogP) is 0.823. The van der Waals surface area contributed by atoms with Gasteiger partial charge in [-0.15, -0.1) is 0 Å². The van der Waals surface area contributed by atoms with E-state index in [0.717, 1.165) is 37.7 Å². The Hall–Kier alpha value is -1.76. The van der Waals surface area contributed by atoms with Gasteiger partial charge in [0.05, 0.1) is 25.4 Å². The molecule has 1 amide bonds. The molecule has 0 aliphatic carbocycles. The Labute approximate surface area is 202 Å². The maximum Gasteiger partial charge on any atom is 0.282 e. The Balaban J connectivity index is 1.19. The molecule has 2 unspecified atom stereocenters. The first-order valence-electron chi connectivity index (χ1n) is 12.2. The van der Waals surface area contributed by atoms with Crippen molar-refractivity contribution in [1.29, 1.82) is 0 Å². The van der Waals surface area contributed by atoms with Gasteiger partial charge in [-0.05, 0) is 38.1 Å². The summed E-state index contributed by atoms with van der Waals surface area (Å²) in [5, 5.41) is 2.96. The molecule has 11 heteroatoms. The molecular weight excluding hydrogens is 458 g/mol. The van der Waals surface area contributed by atoms with Gasteiger partial charge in [0.1, 0.15) is 0 Å². The van der Waals surface area contributed by atoms with Crippen LogP contribution in [0.2, 0.25) is 0 Å². The minimum atomic E-state index is -3.49. The van der Waals surface area contributed by atoms with Crippen molar-refractivity contribution in [3.8, 4) is 0 Å². The number of morpholine rings is 2. The lowest BCUT2D eigenvalue weighted by Gasteiger charge is -2.40. The molecule has 34 heavy (non-hydrogen) atoms. The highest BCUT2D eigenvalue weighted by atomic mass is 32.2. The fraction of sp³-hybridized carbons (Fsp3) is 0.696. The molecule has 3 saturated heterocycles. The van der Waals surface area contributed by atoms with Crippen molar-refractivity contribution in [2.75, 3.05) is 82.3 Å². The number of anilines is 2. The molecule has 4 rings (SSSR count). The van der Waals surface area contributed by atoms with Crippen molar-refractivity contribution in [2.45, 2.75) is 32.5 Å². The number of hydrogen-bond donors (Lipinski definition) is 1. The van der Waals surface area contributed by atoms with Crippen LogP contribution in [0.25, 0.3) is 0 Å². The lowest BCUT2D eigenvalue weighted by Crippen LogP contribution is -2.57. The largest absolute Gasteiger partial charge is 0.378 e. The number of amides is 1. The molecule has 1 aromatic carbocycles. The summed E-state index contributed by atoms with van der Waals surface area (Å²) in [5.41, 5.74) is 1.92. The van der Waals surface area contributed by atoms with E-state index in [1.165, 1.54) is 0 Å². The van der Waals surface area contributed by atoms with E-state index in [1.807, 2.05) is 38.1 Å². The van der Waals surface area contributed by atoms with E-state index in [9.17, 15) is 13.2 Å². The first-order chi connectivity index (χ1) is 16.3. The summed E-state index contributed by atoms with van der Waals surface area (Å²) in [6.07, 6.45) is 0.166. The first kappa shape index (κ1) is 25.3. The highest BCUT2D eigenvalue weighted by Gasteiger charge is 2.36. The monoisotopic (exact) mass is 495 g/mol. The van der Waals surface area contributed by atoms with Crippen LogP contribution in [-0.2, 0) is 24.5 Å². The quantitative estimate of drug-likeness (QED) is 0.599. The number of hydrogen-bond acceptors (Lipinski definition) is 7. The van der Waals surface area contributed by atoms with Crippen molar-refractivity contribution < 1.29 is 22.7 Å². The molecule has 3 aliphatic rings. The van der Waals surface area contributed by atoms with Gasteiger partial charge in [-0.1, -0.05) is 0 Å². The van der Waals surface area contributed by atoms with Gasteiger partial charge in [0.15, 0.2) is 0 Å². The Morgan fingerprint density at radius 1 is 0.941 bits per heavy atom. The fourth-order valence-corrected chi connectivity index (χ4v) is 6.47. The highest BCUT2D eigenvalue weighted by molar-refractivity contribution is 7.86. The smallest absolute Gasteiger partial charge is 0.282 e. The topological polar surface area (TPSA) is 94.7 Å². The van der Waals surface area contributed by atoms with Crippen LogP contribution < -0.4 is 10.2 Å². The highest BCUT2D eigenvalue weighted by Crippen LogP contribution is 2.20. The normalized spacial score (nSPS) is 25.9. The third-order valence-corrected chi connectivity index (χ3v) is 8.52. The summed E-state index contributed by atoms with van der Waals surface area (Å²) >= 11 is 0. The molecule has 3 fully saturated rings. The van der Waals surface area contributed by atoms with Gasteiger partial charge in [0.2, 0.25) is 5.91 Å². The zero-order valence-electron chi connectivity index (χ0n) is 20.2. The van der Waals surface area contributed by atoms with Gasteiger partial charge in [-0.25, -0.2) is 0 Å². The van der Waals surface area contributed by atoms with Crippen molar-refractivity contribution in [1.82, 2.24) is 13.5 Å². The van der Waals surface area contributed by atoms with E-state index in [0.29, 0.717) is 52.2 Å². The first-order valence-corrected chi connectivity index (χ1v) is 13.6. The number of rotatable bonds is 7. The Morgan fingerprint density at radius 3 is 2.18 bits per heavy atom. The Morgan fingerprint density at radius 2 is 1.56 bits per heavy atom. The van der Waals surface area contributed by atoms with Gasteiger partial charge in [-0.2, -0.15) is 17.0 Å². The van der Waals surface area contributed by atoms with E-state index in [4.69, 9.17) is 9.47 Å². The van der Waals surface area contributed by atoms with Gasteiger partial charge >= 0.3 is 0 Å². The lowest BCUT2D eigenvalue weighted by molar-refractivity contribution is -0.116. The van der Waals surface area contributed by atoms with Crippen LogP contribution in [-0.4, -0.2) is 112 Å². The van der Waals surface area contributed by atoms with Gasteiger partial charge in [0, 0.05) is 76.7 Å². The Kier molecular flexibility index (Phi) is 8.43. The third kappa shape index (κ3) is 6.46. The second kappa shape index (κ2) is 11.3. The summed E-state index contributed by atoms with van der Waals surface area (Å²) < 4.78 is 40.2. The molecule has 3 heterocycles. The summed E-state index contributed by atoms with van der Waals surface area (Å²) in [6.45, 7) is 10.6. The molecular formula is C23H37N5O5S. The number of carbonyl (C=O) groups excluding carboxylic acids is 1. The van der Waals surface area contributed by atoms with E-state index in [-0.39, 0.29) is 18.1 Å². The molecule has 1 aromatic rings. The predicted molar refractivity (Wildman–Crippen MR) is 131 cm³/mol. The number of ether oxygens (including phenoxy) is 2. The van der Waals surface area contributed by atoms with Crippen molar-refractivity contribution in [3.63, 3.8) is 0 Å². The minimum absolute atomic E-state index is 0.0366. The minimum Gasteiger partial charge on any atom is -0.378 e. The van der Waals surface area contributed by atoms with E-state index >= 15 is 0 Å². The summed E-state index contributed by atoms with van der Waals surface area (Å²) in [5.74, 6) is -0.0366. The van der Waals surface area contributed by atoms with Crippen molar-refractivity contribution in [2.24, 2.45) is 0 Å². The molecule has 0 radical (unpaired) electrons. The molecule has 0 spiro atoms. The second-order valence-electron chi connectivity index (χ2n) is 9.27. The van der Waals surface area contributed by atoms with E-state index < -0.39 is 10.2 Å². The lowest BCUT2D eigenvalue weighted by atomic mass is 10.2. The van der Waals surface area contributed by atoms with Crippen LogP contribution >= 0.6 is 0 Å². The fourth-order valence-electron chi connectivity index (χ4n) is 4.73.